The lowest BCUT2D eigenvalue weighted by Gasteiger charge is -2.26. The molecule has 4 heterocycles. The first-order chi connectivity index (χ1) is 15.7. The normalized spacial score (nSPS) is 14.3. The number of carbonyl (C=O) groups excluding carboxylic acids is 1. The Labute approximate surface area is 186 Å². The number of nitrogens with zero attached hydrogens (tertiary/aromatic N) is 4. The van der Waals surface area contributed by atoms with E-state index in [2.05, 4.69) is 25.3 Å². The van der Waals surface area contributed by atoms with Gasteiger partial charge in [-0.3, -0.25) is 14.7 Å². The Kier molecular flexibility index (Phi) is 6.96. The Morgan fingerprint density at radius 2 is 2.03 bits per heavy atom. The lowest BCUT2D eigenvalue weighted by atomic mass is 10.1. The van der Waals surface area contributed by atoms with Crippen molar-refractivity contribution in [2.75, 3.05) is 33.3 Å². The Balaban J connectivity index is 1.37. The van der Waals surface area contributed by atoms with Crippen LogP contribution in [0.15, 0.2) is 47.5 Å². The van der Waals surface area contributed by atoms with Gasteiger partial charge in [0.1, 0.15) is 0 Å². The van der Waals surface area contributed by atoms with Gasteiger partial charge in [0.15, 0.2) is 5.82 Å². The van der Waals surface area contributed by atoms with E-state index in [1.54, 1.807) is 24.4 Å². The maximum atomic E-state index is 12.5. The second-order valence-electron chi connectivity index (χ2n) is 7.82. The minimum Gasteiger partial charge on any atom is -0.481 e. The van der Waals surface area contributed by atoms with Crippen molar-refractivity contribution >= 4 is 5.91 Å². The third kappa shape index (κ3) is 5.05. The predicted octanol–water partition coefficient (Wildman–Crippen LogP) is 2.24. The molecule has 3 aromatic heterocycles. The number of amides is 1. The monoisotopic (exact) mass is 436 g/mol. The van der Waals surface area contributed by atoms with E-state index in [9.17, 15) is 9.59 Å². The number of aromatic nitrogens is 4. The summed E-state index contributed by atoms with van der Waals surface area (Å²) in [7, 11) is 1.53. The highest BCUT2D eigenvalue weighted by atomic mass is 16.5. The Bertz CT molecular complexity index is 1100. The molecular formula is C23H28N6O3. The zero-order valence-corrected chi connectivity index (χ0v) is 18.2. The highest BCUT2D eigenvalue weighted by Crippen LogP contribution is 2.25. The van der Waals surface area contributed by atoms with E-state index >= 15 is 0 Å². The fraction of sp³-hybridized carbons (Fsp3) is 0.391. The van der Waals surface area contributed by atoms with Crippen LogP contribution in [-0.4, -0.2) is 63.8 Å². The number of likely N-dealkylation sites (tertiary alicyclic amines) is 1. The van der Waals surface area contributed by atoms with E-state index in [-0.39, 0.29) is 11.5 Å². The third-order valence-corrected chi connectivity index (χ3v) is 5.60. The second kappa shape index (κ2) is 10.2. The summed E-state index contributed by atoms with van der Waals surface area (Å²) in [5, 5.41) is 5.97. The van der Waals surface area contributed by atoms with Crippen molar-refractivity contribution in [1.29, 1.82) is 0 Å². The van der Waals surface area contributed by atoms with Gasteiger partial charge in [-0.05, 0) is 63.2 Å². The molecule has 1 aliphatic rings. The average Bonchev–Trinajstić information content (AvgIpc) is 3.23. The summed E-state index contributed by atoms with van der Waals surface area (Å²) in [4.78, 5) is 35.8. The van der Waals surface area contributed by atoms with Crippen LogP contribution < -0.4 is 15.6 Å². The van der Waals surface area contributed by atoms with E-state index < -0.39 is 0 Å². The van der Waals surface area contributed by atoms with Gasteiger partial charge in [-0.2, -0.15) is 0 Å². The van der Waals surface area contributed by atoms with Crippen LogP contribution in [0.5, 0.6) is 5.88 Å². The van der Waals surface area contributed by atoms with Gasteiger partial charge >= 0.3 is 0 Å². The molecular weight excluding hydrogens is 408 g/mol. The molecule has 0 atom stereocenters. The van der Waals surface area contributed by atoms with Crippen molar-refractivity contribution in [3.8, 4) is 23.0 Å². The minimum atomic E-state index is -0.270. The lowest BCUT2D eigenvalue weighted by molar-refractivity contribution is 0.0950. The SMILES string of the molecule is COc1ncccc1-c1cc(=O)n(-c2ccc(C(=O)NCCCN3CCCCC3)cn2)[nH]1. The smallest absolute Gasteiger partial charge is 0.273 e. The van der Waals surface area contributed by atoms with Gasteiger partial charge in [0, 0.05) is 25.0 Å². The zero-order chi connectivity index (χ0) is 22.3. The molecule has 0 saturated carbocycles. The first-order valence-corrected chi connectivity index (χ1v) is 10.9. The van der Waals surface area contributed by atoms with Crippen molar-refractivity contribution in [1.82, 2.24) is 30.0 Å². The first-order valence-electron chi connectivity index (χ1n) is 10.9. The van der Waals surface area contributed by atoms with Gasteiger partial charge in [0.25, 0.3) is 11.5 Å². The summed E-state index contributed by atoms with van der Waals surface area (Å²) < 4.78 is 6.59. The summed E-state index contributed by atoms with van der Waals surface area (Å²) >= 11 is 0. The largest absolute Gasteiger partial charge is 0.481 e. The van der Waals surface area contributed by atoms with Gasteiger partial charge in [-0.1, -0.05) is 6.42 Å². The highest BCUT2D eigenvalue weighted by Gasteiger charge is 2.14. The number of ether oxygens (including phenoxy) is 1. The maximum absolute atomic E-state index is 12.5. The number of pyridine rings is 2. The van der Waals surface area contributed by atoms with E-state index in [0.717, 1.165) is 26.1 Å². The number of carbonyl (C=O) groups is 1. The molecule has 4 rings (SSSR count). The van der Waals surface area contributed by atoms with Crippen LogP contribution >= 0.6 is 0 Å². The van der Waals surface area contributed by atoms with Gasteiger partial charge in [0.05, 0.1) is 23.9 Å². The number of nitrogens with one attached hydrogen (secondary N) is 2. The molecule has 0 unspecified atom stereocenters. The molecule has 168 valence electrons. The predicted molar refractivity (Wildman–Crippen MR) is 121 cm³/mol. The van der Waals surface area contributed by atoms with Gasteiger partial charge < -0.3 is 15.0 Å². The van der Waals surface area contributed by atoms with Crippen LogP contribution in [0, 0.1) is 0 Å². The van der Waals surface area contributed by atoms with E-state index in [4.69, 9.17) is 4.74 Å². The van der Waals surface area contributed by atoms with Crippen molar-refractivity contribution in [3.05, 3.63) is 58.6 Å². The van der Waals surface area contributed by atoms with Crippen LogP contribution in [0.25, 0.3) is 17.1 Å². The van der Waals surface area contributed by atoms with Gasteiger partial charge in [-0.15, -0.1) is 0 Å². The molecule has 0 aliphatic carbocycles. The Morgan fingerprint density at radius 1 is 1.19 bits per heavy atom. The molecule has 1 saturated heterocycles. The number of methoxy groups -OCH3 is 1. The van der Waals surface area contributed by atoms with Crippen LogP contribution in [0.1, 0.15) is 36.0 Å². The minimum absolute atomic E-state index is 0.165. The quantitative estimate of drug-likeness (QED) is 0.525. The molecule has 32 heavy (non-hydrogen) atoms. The van der Waals surface area contributed by atoms with Crippen molar-refractivity contribution in [3.63, 3.8) is 0 Å². The fourth-order valence-electron chi connectivity index (χ4n) is 3.90. The molecule has 1 amide bonds. The Hall–Kier alpha value is -3.46. The van der Waals surface area contributed by atoms with Crippen molar-refractivity contribution in [2.24, 2.45) is 0 Å². The molecule has 1 fully saturated rings. The topological polar surface area (TPSA) is 105 Å². The van der Waals surface area contributed by atoms with Crippen molar-refractivity contribution < 1.29 is 9.53 Å². The van der Waals surface area contributed by atoms with Crippen LogP contribution in [0.2, 0.25) is 0 Å². The summed E-state index contributed by atoms with van der Waals surface area (Å²) in [6, 6.07) is 8.36. The molecule has 2 N–H and O–H groups in total. The molecule has 0 aromatic carbocycles. The lowest BCUT2D eigenvalue weighted by Crippen LogP contribution is -2.33. The Morgan fingerprint density at radius 3 is 2.78 bits per heavy atom. The van der Waals surface area contributed by atoms with Crippen LogP contribution in [0.4, 0.5) is 0 Å². The number of piperidine rings is 1. The second-order valence-corrected chi connectivity index (χ2v) is 7.82. The number of hydrogen-bond donors (Lipinski definition) is 2. The molecule has 9 nitrogen and oxygen atoms in total. The maximum Gasteiger partial charge on any atom is 0.273 e. The summed E-state index contributed by atoms with van der Waals surface area (Å²) in [6.45, 7) is 3.96. The van der Waals surface area contributed by atoms with E-state index in [0.29, 0.717) is 35.1 Å². The van der Waals surface area contributed by atoms with Gasteiger partial charge in [-0.25, -0.2) is 14.6 Å². The molecule has 0 bridgehead atoms. The van der Waals surface area contributed by atoms with Crippen molar-refractivity contribution in [2.45, 2.75) is 25.7 Å². The molecule has 0 spiro atoms. The number of hydrogen-bond acceptors (Lipinski definition) is 6. The summed E-state index contributed by atoms with van der Waals surface area (Å²) in [5.41, 5.74) is 1.43. The van der Waals surface area contributed by atoms with Crippen LogP contribution in [-0.2, 0) is 0 Å². The van der Waals surface area contributed by atoms with E-state index in [1.807, 2.05) is 6.07 Å². The average molecular weight is 437 g/mol. The van der Waals surface area contributed by atoms with E-state index in [1.165, 1.54) is 43.3 Å². The first kappa shape index (κ1) is 21.8. The fourth-order valence-corrected chi connectivity index (χ4v) is 3.90. The van der Waals surface area contributed by atoms with Gasteiger partial charge in [0.2, 0.25) is 5.88 Å². The summed E-state index contributed by atoms with van der Waals surface area (Å²) in [6.07, 6.45) is 7.89. The summed E-state index contributed by atoms with van der Waals surface area (Å²) in [5.74, 6) is 0.647. The molecule has 0 radical (unpaired) electrons. The number of aromatic amines is 1. The zero-order valence-electron chi connectivity index (χ0n) is 18.2. The highest BCUT2D eigenvalue weighted by molar-refractivity contribution is 5.93. The molecule has 1 aliphatic heterocycles. The van der Waals surface area contributed by atoms with Crippen LogP contribution in [0.3, 0.4) is 0 Å². The molecule has 9 heteroatoms. The third-order valence-electron chi connectivity index (χ3n) is 5.60. The number of rotatable bonds is 8. The molecule has 3 aromatic rings. The number of H-pyrrole nitrogens is 1. The standard InChI is InChI=1S/C23H28N6O3/c1-32-23-18(7-5-10-25-23)19-15-21(30)29(27-19)20-9-8-17(16-26-20)22(31)24-11-6-14-28-12-3-2-4-13-28/h5,7-10,15-16,27H,2-4,6,11-14H2,1H3,(H,24,31).